The third-order valence-corrected chi connectivity index (χ3v) is 3.78. The molecule has 0 bridgehead atoms. The summed E-state index contributed by atoms with van der Waals surface area (Å²) < 4.78 is 0.793. The van der Waals surface area contributed by atoms with Crippen LogP contribution in [0.25, 0.3) is 0 Å². The Balaban J connectivity index is 2.20. The van der Waals surface area contributed by atoms with Crippen molar-refractivity contribution >= 4 is 38.7 Å². The highest BCUT2D eigenvalue weighted by atomic mass is 79.9. The van der Waals surface area contributed by atoms with Crippen LogP contribution in [0.1, 0.15) is 5.56 Å². The smallest absolute Gasteiger partial charge is 0.270 e. The molecule has 0 heterocycles. The van der Waals surface area contributed by atoms with E-state index in [1.165, 1.54) is 12.1 Å². The second kappa shape index (κ2) is 9.56. The molecule has 1 N–H and O–H groups in total. The lowest BCUT2D eigenvalue weighted by Crippen LogP contribution is -2.27. The van der Waals surface area contributed by atoms with Crippen LogP contribution in [0, 0.1) is 21.4 Å². The maximum absolute atomic E-state index is 10.8. The monoisotopic (exact) mass is 429 g/mol. The normalized spacial score (nSPS) is 10.6. The predicted octanol–water partition coefficient (Wildman–Crippen LogP) is 4.59. The fraction of sp³-hybridized carbons (Fsp3) is 0.167. The zero-order chi connectivity index (χ0) is 19.8. The van der Waals surface area contributed by atoms with Gasteiger partial charge < -0.3 is 10.0 Å². The number of nitro groups is 1. The summed E-state index contributed by atoms with van der Waals surface area (Å²) in [5.41, 5.74) is 1.60. The van der Waals surface area contributed by atoms with Gasteiger partial charge in [0.2, 0.25) is 0 Å². The summed E-state index contributed by atoms with van der Waals surface area (Å²) >= 11 is 3.32. The van der Waals surface area contributed by atoms with E-state index >= 15 is 0 Å². The number of hydrogen-bond acceptors (Lipinski definition) is 7. The minimum atomic E-state index is -0.569. The largest absolute Gasteiger partial charge is 0.395 e. The van der Waals surface area contributed by atoms with Crippen LogP contribution in [0.15, 0.2) is 63.8 Å². The number of nitriles is 1. The van der Waals surface area contributed by atoms with Gasteiger partial charge in [-0.3, -0.25) is 10.1 Å². The molecule has 0 aliphatic rings. The second-order valence-electron chi connectivity index (χ2n) is 5.45. The number of benzene rings is 2. The van der Waals surface area contributed by atoms with Crippen LogP contribution < -0.4 is 4.90 Å². The van der Waals surface area contributed by atoms with E-state index in [-0.39, 0.29) is 23.5 Å². The summed E-state index contributed by atoms with van der Waals surface area (Å²) in [7, 11) is 0. The van der Waals surface area contributed by atoms with Gasteiger partial charge in [-0.2, -0.15) is 10.4 Å². The number of non-ortho nitro benzene ring substituents is 1. The average Bonchev–Trinajstić information content (AvgIpc) is 2.66. The van der Waals surface area contributed by atoms with Crippen LogP contribution in [0.5, 0.6) is 0 Å². The summed E-state index contributed by atoms with van der Waals surface area (Å²) in [6, 6.07) is 12.9. The highest BCUT2D eigenvalue weighted by Gasteiger charge is 2.10. The Morgan fingerprint density at radius 1 is 1.30 bits per heavy atom. The summed E-state index contributed by atoms with van der Waals surface area (Å²) in [5.74, 6) is 0. The van der Waals surface area contributed by atoms with Gasteiger partial charge in [-0.15, -0.1) is 5.11 Å². The highest BCUT2D eigenvalue weighted by molar-refractivity contribution is 9.11. The van der Waals surface area contributed by atoms with E-state index in [1.54, 1.807) is 12.1 Å². The molecule has 0 aliphatic heterocycles. The van der Waals surface area contributed by atoms with Crippen molar-refractivity contribution in [3.8, 4) is 6.07 Å². The van der Waals surface area contributed by atoms with E-state index < -0.39 is 4.92 Å². The first-order chi connectivity index (χ1) is 12.9. The topological polar surface area (TPSA) is 115 Å². The number of nitro benzene ring substituents is 1. The lowest BCUT2D eigenvalue weighted by Gasteiger charge is -2.23. The molecule has 2 aromatic rings. The van der Waals surface area contributed by atoms with Crippen molar-refractivity contribution in [2.75, 3.05) is 24.6 Å². The van der Waals surface area contributed by atoms with Gasteiger partial charge in [-0.25, -0.2) is 0 Å². The van der Waals surface area contributed by atoms with Crippen molar-refractivity contribution < 1.29 is 10.0 Å². The van der Waals surface area contributed by atoms with Gasteiger partial charge in [0.25, 0.3) is 5.69 Å². The molecular weight excluding hydrogens is 414 g/mol. The van der Waals surface area contributed by atoms with Crippen molar-refractivity contribution in [3.63, 3.8) is 0 Å². The summed E-state index contributed by atoms with van der Waals surface area (Å²) in [6.07, 6.45) is 0. The summed E-state index contributed by atoms with van der Waals surface area (Å²) in [5, 5.41) is 37.2. The van der Waals surface area contributed by atoms with E-state index in [4.69, 9.17) is 5.26 Å². The number of halogens is 1. The number of hydrogen-bond donors (Lipinski definition) is 1. The van der Waals surface area contributed by atoms with Crippen LogP contribution in [0.2, 0.25) is 0 Å². The Bertz CT molecular complexity index is 906. The van der Waals surface area contributed by atoms with Gasteiger partial charge >= 0.3 is 0 Å². The molecule has 0 unspecified atom stereocenters. The Morgan fingerprint density at radius 3 is 2.56 bits per heavy atom. The lowest BCUT2D eigenvalue weighted by atomic mass is 10.2. The molecule has 0 atom stereocenters. The third-order valence-electron chi connectivity index (χ3n) is 3.53. The minimum absolute atomic E-state index is 0.0127. The Morgan fingerprint density at radius 2 is 2.00 bits per heavy atom. The number of anilines is 1. The van der Waals surface area contributed by atoms with E-state index in [9.17, 15) is 15.2 Å². The van der Waals surface area contributed by atoms with Gasteiger partial charge in [0.1, 0.15) is 11.8 Å². The molecule has 0 saturated heterocycles. The maximum Gasteiger partial charge on any atom is 0.270 e. The first-order valence-electron chi connectivity index (χ1n) is 7.84. The standard InChI is InChI=1S/C18H16BrN5O3/c1-13(19)12-23(8-9-25)16-4-2-15(3-5-16)21-22-18-7-6-17(24(26)27)10-14(18)11-20/h2-7,10,25H,1,8-9,12H2. The van der Waals surface area contributed by atoms with Crippen molar-refractivity contribution in [2.45, 2.75) is 0 Å². The van der Waals surface area contributed by atoms with Crippen molar-refractivity contribution in [2.24, 2.45) is 10.2 Å². The molecule has 2 rings (SSSR count). The quantitative estimate of drug-likeness (QED) is 0.374. The van der Waals surface area contributed by atoms with Gasteiger partial charge in [-0.05, 0) is 30.3 Å². The van der Waals surface area contributed by atoms with Crippen molar-refractivity contribution in [3.05, 3.63) is 69.2 Å². The fourth-order valence-corrected chi connectivity index (χ4v) is 2.59. The lowest BCUT2D eigenvalue weighted by molar-refractivity contribution is -0.384. The minimum Gasteiger partial charge on any atom is -0.395 e. The number of aliphatic hydroxyl groups excluding tert-OH is 1. The molecule has 27 heavy (non-hydrogen) atoms. The van der Waals surface area contributed by atoms with Crippen molar-refractivity contribution in [1.29, 1.82) is 5.26 Å². The Labute approximate surface area is 164 Å². The molecule has 0 radical (unpaired) electrons. The first kappa shape index (κ1) is 20.2. The van der Waals surface area contributed by atoms with E-state index in [0.717, 1.165) is 16.2 Å². The Hall–Kier alpha value is -3.09. The number of rotatable bonds is 8. The summed E-state index contributed by atoms with van der Waals surface area (Å²) in [4.78, 5) is 12.2. The molecule has 0 aliphatic carbocycles. The molecule has 9 heteroatoms. The molecule has 0 fully saturated rings. The fourth-order valence-electron chi connectivity index (χ4n) is 2.28. The van der Waals surface area contributed by atoms with Gasteiger partial charge in [-0.1, -0.05) is 22.5 Å². The zero-order valence-corrected chi connectivity index (χ0v) is 15.8. The van der Waals surface area contributed by atoms with E-state index in [0.29, 0.717) is 18.8 Å². The second-order valence-corrected chi connectivity index (χ2v) is 6.57. The molecule has 0 saturated carbocycles. The molecule has 0 spiro atoms. The third kappa shape index (κ3) is 5.70. The van der Waals surface area contributed by atoms with Crippen LogP contribution in [-0.2, 0) is 0 Å². The van der Waals surface area contributed by atoms with Crippen LogP contribution in [0.3, 0.4) is 0 Å². The SMILES string of the molecule is C=C(Br)CN(CCO)c1ccc(N=Nc2ccc([N+](=O)[O-])cc2C#N)cc1. The van der Waals surface area contributed by atoms with Gasteiger partial charge in [0.05, 0.1) is 22.8 Å². The molecule has 0 aromatic heterocycles. The zero-order valence-electron chi connectivity index (χ0n) is 14.2. The summed E-state index contributed by atoms with van der Waals surface area (Å²) in [6.45, 7) is 4.83. The van der Waals surface area contributed by atoms with Crippen molar-refractivity contribution in [1.82, 2.24) is 0 Å². The van der Waals surface area contributed by atoms with Crippen LogP contribution >= 0.6 is 15.9 Å². The molecule has 138 valence electrons. The maximum atomic E-state index is 10.8. The predicted molar refractivity (Wildman–Crippen MR) is 106 cm³/mol. The highest BCUT2D eigenvalue weighted by Crippen LogP contribution is 2.27. The van der Waals surface area contributed by atoms with Gasteiger partial charge in [0.15, 0.2) is 0 Å². The van der Waals surface area contributed by atoms with E-state index in [2.05, 4.69) is 32.7 Å². The van der Waals surface area contributed by atoms with Crippen LogP contribution in [0.4, 0.5) is 22.7 Å². The van der Waals surface area contributed by atoms with Gasteiger partial charge in [0, 0.05) is 35.4 Å². The number of aliphatic hydroxyl groups is 1. The average molecular weight is 430 g/mol. The molecule has 2 aromatic carbocycles. The molecular formula is C18H16BrN5O3. The number of nitrogens with zero attached hydrogens (tertiary/aromatic N) is 5. The first-order valence-corrected chi connectivity index (χ1v) is 8.63. The molecule has 0 amide bonds. The molecule has 8 nitrogen and oxygen atoms in total. The Kier molecular flexibility index (Phi) is 7.16. The number of azo groups is 1. The van der Waals surface area contributed by atoms with E-state index in [1.807, 2.05) is 23.1 Å². The van der Waals surface area contributed by atoms with Crippen LogP contribution in [-0.4, -0.2) is 29.7 Å².